The number of para-hydroxylation sites is 1. The van der Waals surface area contributed by atoms with Crippen molar-refractivity contribution in [3.63, 3.8) is 0 Å². The van der Waals surface area contributed by atoms with Crippen LogP contribution in [-0.4, -0.2) is 21.8 Å². The summed E-state index contributed by atoms with van der Waals surface area (Å²) in [6.45, 7) is 6.57. The van der Waals surface area contributed by atoms with Gasteiger partial charge in [0.15, 0.2) is 5.69 Å². The lowest BCUT2D eigenvalue weighted by atomic mass is 9.66. The third-order valence-electron chi connectivity index (χ3n) is 7.52. The van der Waals surface area contributed by atoms with Gasteiger partial charge in [0.1, 0.15) is 5.75 Å². The summed E-state index contributed by atoms with van der Waals surface area (Å²) in [5.41, 5.74) is 4.91. The van der Waals surface area contributed by atoms with Gasteiger partial charge in [-0.25, -0.2) is 4.98 Å². The van der Waals surface area contributed by atoms with Crippen molar-refractivity contribution in [2.45, 2.75) is 38.1 Å². The SMILES string of the molecule is COc1ccc(-c2csc(N=Nc3c(O)n4c5c(cccc35)C(C)(c3ccc(Cl)cc3)CC4(C)C)n2)cc1. The number of ether oxygens (including phenoxy) is 1. The van der Waals surface area contributed by atoms with Gasteiger partial charge in [-0.1, -0.05) is 48.9 Å². The quantitative estimate of drug-likeness (QED) is 0.225. The van der Waals surface area contributed by atoms with E-state index in [4.69, 9.17) is 16.3 Å². The molecule has 0 aliphatic carbocycles. The first-order chi connectivity index (χ1) is 18.2. The van der Waals surface area contributed by atoms with Gasteiger partial charge in [-0.2, -0.15) is 0 Å². The van der Waals surface area contributed by atoms with Crippen molar-refractivity contribution in [2.24, 2.45) is 10.2 Å². The lowest BCUT2D eigenvalue weighted by molar-refractivity contribution is 0.236. The molecular formula is C30H27ClN4O2S. The number of hydrogen-bond acceptors (Lipinski definition) is 6. The second kappa shape index (κ2) is 8.96. The highest BCUT2D eigenvalue weighted by molar-refractivity contribution is 7.13. The van der Waals surface area contributed by atoms with E-state index in [1.807, 2.05) is 58.5 Å². The average Bonchev–Trinajstić information content (AvgIpc) is 3.49. The van der Waals surface area contributed by atoms with E-state index in [9.17, 15) is 5.11 Å². The molecule has 0 radical (unpaired) electrons. The average molecular weight is 543 g/mol. The number of nitrogens with zero attached hydrogens (tertiary/aromatic N) is 4. The molecule has 1 aliphatic rings. The smallest absolute Gasteiger partial charge is 0.230 e. The zero-order valence-corrected chi connectivity index (χ0v) is 23.1. The van der Waals surface area contributed by atoms with Crippen LogP contribution in [0.15, 0.2) is 82.3 Å². The molecule has 5 aromatic rings. The van der Waals surface area contributed by atoms with Crippen LogP contribution in [0, 0.1) is 0 Å². The number of thiazole rings is 1. The number of halogens is 1. The Kier molecular flexibility index (Phi) is 5.81. The van der Waals surface area contributed by atoms with Crippen molar-refractivity contribution >= 4 is 44.7 Å². The highest BCUT2D eigenvalue weighted by Gasteiger charge is 2.45. The van der Waals surface area contributed by atoms with Crippen molar-refractivity contribution in [1.82, 2.24) is 9.55 Å². The van der Waals surface area contributed by atoms with Crippen LogP contribution in [0.25, 0.3) is 22.2 Å². The van der Waals surface area contributed by atoms with Crippen LogP contribution in [0.2, 0.25) is 5.02 Å². The Bertz CT molecular complexity index is 1690. The van der Waals surface area contributed by atoms with Crippen LogP contribution < -0.4 is 4.74 Å². The van der Waals surface area contributed by atoms with E-state index in [1.165, 1.54) is 16.9 Å². The van der Waals surface area contributed by atoms with Gasteiger partial charge in [0.2, 0.25) is 11.0 Å². The number of azo groups is 1. The van der Waals surface area contributed by atoms with E-state index in [-0.39, 0.29) is 16.8 Å². The molecule has 0 spiro atoms. The van der Waals surface area contributed by atoms with Gasteiger partial charge in [0, 0.05) is 32.3 Å². The molecular weight excluding hydrogens is 516 g/mol. The summed E-state index contributed by atoms with van der Waals surface area (Å²) in [6.07, 6.45) is 0.796. The van der Waals surface area contributed by atoms with Gasteiger partial charge < -0.3 is 14.4 Å². The maximum atomic E-state index is 11.5. The molecule has 1 atom stereocenters. The highest BCUT2D eigenvalue weighted by Crippen LogP contribution is 2.54. The molecule has 0 fully saturated rings. The van der Waals surface area contributed by atoms with Gasteiger partial charge in [-0.15, -0.1) is 21.6 Å². The van der Waals surface area contributed by atoms with E-state index in [1.54, 1.807) is 7.11 Å². The van der Waals surface area contributed by atoms with Gasteiger partial charge >= 0.3 is 0 Å². The molecule has 1 aliphatic heterocycles. The van der Waals surface area contributed by atoms with Crippen LogP contribution in [0.5, 0.6) is 11.6 Å². The Balaban J connectivity index is 1.43. The van der Waals surface area contributed by atoms with Gasteiger partial charge in [-0.3, -0.25) is 0 Å². The minimum absolute atomic E-state index is 0.117. The molecule has 192 valence electrons. The summed E-state index contributed by atoms with van der Waals surface area (Å²) in [5, 5.41) is 24.5. The first kappa shape index (κ1) is 24.6. The molecule has 8 heteroatoms. The minimum atomic E-state index is -0.373. The number of aromatic hydroxyl groups is 1. The largest absolute Gasteiger partial charge is 0.497 e. The summed E-state index contributed by atoms with van der Waals surface area (Å²) >= 11 is 7.61. The lowest BCUT2D eigenvalue weighted by Crippen LogP contribution is -2.41. The predicted octanol–water partition coefficient (Wildman–Crippen LogP) is 8.99. The number of aromatic nitrogens is 2. The molecule has 0 saturated heterocycles. The van der Waals surface area contributed by atoms with Crippen LogP contribution in [-0.2, 0) is 11.0 Å². The molecule has 6 nitrogen and oxygen atoms in total. The van der Waals surface area contributed by atoms with Crippen molar-refractivity contribution < 1.29 is 9.84 Å². The summed E-state index contributed by atoms with van der Waals surface area (Å²) < 4.78 is 7.25. The topological polar surface area (TPSA) is 72.0 Å². The standard InChI is InChI=1S/C30H27ClN4O2S/c1-29(2)17-30(3,19-10-12-20(31)13-11-19)23-7-5-6-22-25(27(36)35(29)26(22)23)33-34-28-32-24(16-38-28)18-8-14-21(37-4)15-9-18/h5-16,36H,17H2,1-4H3. The second-order valence-electron chi connectivity index (χ2n) is 10.5. The summed E-state index contributed by atoms with van der Waals surface area (Å²) in [7, 11) is 1.64. The third-order valence-corrected chi connectivity index (χ3v) is 8.50. The molecule has 2 aromatic heterocycles. The minimum Gasteiger partial charge on any atom is -0.497 e. The van der Waals surface area contributed by atoms with Crippen LogP contribution in [0.4, 0.5) is 10.8 Å². The van der Waals surface area contributed by atoms with Gasteiger partial charge in [0.25, 0.3) is 0 Å². The fourth-order valence-electron chi connectivity index (χ4n) is 5.85. The van der Waals surface area contributed by atoms with Gasteiger partial charge in [0.05, 0.1) is 18.3 Å². The zero-order valence-electron chi connectivity index (χ0n) is 21.6. The fourth-order valence-corrected chi connectivity index (χ4v) is 6.62. The van der Waals surface area contributed by atoms with Crippen molar-refractivity contribution in [3.8, 4) is 22.9 Å². The van der Waals surface area contributed by atoms with Crippen molar-refractivity contribution in [2.75, 3.05) is 7.11 Å². The van der Waals surface area contributed by atoms with Crippen LogP contribution in [0.1, 0.15) is 38.3 Å². The third kappa shape index (κ3) is 3.89. The molecule has 1 N–H and O–H groups in total. The molecule has 38 heavy (non-hydrogen) atoms. The lowest BCUT2D eigenvalue weighted by Gasteiger charge is -2.45. The summed E-state index contributed by atoms with van der Waals surface area (Å²) in [6, 6.07) is 22.0. The summed E-state index contributed by atoms with van der Waals surface area (Å²) in [4.78, 5) is 4.63. The molecule has 0 bridgehead atoms. The van der Waals surface area contributed by atoms with E-state index in [2.05, 4.69) is 54.2 Å². The highest BCUT2D eigenvalue weighted by atomic mass is 35.5. The monoisotopic (exact) mass is 542 g/mol. The normalized spacial score (nSPS) is 18.3. The van der Waals surface area contributed by atoms with Crippen molar-refractivity contribution in [3.05, 3.63) is 88.3 Å². The first-order valence-electron chi connectivity index (χ1n) is 12.4. The second-order valence-corrected chi connectivity index (χ2v) is 11.8. The molecule has 0 saturated carbocycles. The Morgan fingerprint density at radius 3 is 2.45 bits per heavy atom. The first-order valence-corrected chi connectivity index (χ1v) is 13.6. The van der Waals surface area contributed by atoms with Crippen LogP contribution >= 0.6 is 22.9 Å². The van der Waals surface area contributed by atoms with E-state index < -0.39 is 0 Å². The number of rotatable bonds is 5. The number of hydrogen-bond donors (Lipinski definition) is 1. The predicted molar refractivity (Wildman–Crippen MR) is 154 cm³/mol. The molecule has 3 aromatic carbocycles. The number of benzene rings is 3. The van der Waals surface area contributed by atoms with E-state index in [0.29, 0.717) is 15.8 Å². The van der Waals surface area contributed by atoms with Gasteiger partial charge in [-0.05, 0) is 67.8 Å². The Labute approximate surface area is 230 Å². The maximum Gasteiger partial charge on any atom is 0.230 e. The maximum absolute atomic E-state index is 11.5. The summed E-state index contributed by atoms with van der Waals surface area (Å²) in [5.74, 6) is 0.911. The van der Waals surface area contributed by atoms with E-state index >= 15 is 0 Å². The Morgan fingerprint density at radius 1 is 1.00 bits per heavy atom. The van der Waals surface area contributed by atoms with Crippen molar-refractivity contribution in [1.29, 1.82) is 0 Å². The number of methoxy groups -OCH3 is 1. The Morgan fingerprint density at radius 2 is 1.74 bits per heavy atom. The Hall–Kier alpha value is -3.68. The zero-order chi connectivity index (χ0) is 26.7. The van der Waals surface area contributed by atoms with E-state index in [0.717, 1.165) is 39.9 Å². The fraction of sp³-hybridized carbons (Fsp3) is 0.233. The molecule has 0 amide bonds. The molecule has 1 unspecified atom stereocenters. The van der Waals surface area contributed by atoms with Crippen LogP contribution in [0.3, 0.4) is 0 Å². The molecule has 3 heterocycles. The molecule has 6 rings (SSSR count).